The Kier molecular flexibility index (Phi) is 20.0. The molecule has 0 aromatic rings. The third kappa shape index (κ3) is 24.1. The van der Waals surface area contributed by atoms with Crippen LogP contribution < -0.4 is 5.32 Å². The molecule has 0 amide bonds. The number of rotatable bonds is 21. The van der Waals surface area contributed by atoms with Crippen LogP contribution in [0.3, 0.4) is 0 Å². The maximum absolute atomic E-state index is 3.47. The molecule has 0 aromatic carbocycles. The van der Waals surface area contributed by atoms with Gasteiger partial charge in [0.2, 0.25) is 0 Å². The van der Waals surface area contributed by atoms with Gasteiger partial charge < -0.3 is 9.80 Å². The van der Waals surface area contributed by atoms with E-state index >= 15 is 0 Å². The smallest absolute Gasteiger partial charge is 0.0780 e. The average Bonchev–Trinajstić information content (AvgIpc) is 2.59. The third-order valence-corrected chi connectivity index (χ3v) is 5.93. The van der Waals surface area contributed by atoms with Gasteiger partial charge in [0.1, 0.15) is 0 Å². The number of nitrogens with one attached hydrogen (secondary N) is 1. The fraction of sp³-hybridized carbons (Fsp3) is 1.00. The maximum atomic E-state index is 3.47. The molecule has 0 saturated carbocycles. The van der Waals surface area contributed by atoms with E-state index in [4.69, 9.17) is 0 Å². The summed E-state index contributed by atoms with van der Waals surface area (Å²) < 4.78 is 1.12. The monoisotopic (exact) mass is 385 g/mol. The predicted molar refractivity (Wildman–Crippen MR) is 124 cm³/mol. The SMILES string of the molecule is C[N+](C)(C)CCCCCCCCCCCCCCCCCCCNC[SiH3]. The Balaban J connectivity index is 3.01. The van der Waals surface area contributed by atoms with E-state index in [1.54, 1.807) is 0 Å². The van der Waals surface area contributed by atoms with Crippen LogP contribution in [-0.4, -0.2) is 55.1 Å². The number of hydrogen-bond donors (Lipinski definition) is 1. The Labute approximate surface area is 169 Å². The second kappa shape index (κ2) is 19.9. The molecule has 0 spiro atoms. The molecule has 0 unspecified atom stereocenters. The highest BCUT2D eigenvalue weighted by atomic mass is 28.1. The van der Waals surface area contributed by atoms with Crippen LogP contribution in [0.25, 0.3) is 0 Å². The van der Waals surface area contributed by atoms with Crippen LogP contribution in [0.15, 0.2) is 0 Å². The van der Waals surface area contributed by atoms with Crippen molar-refractivity contribution in [2.45, 2.75) is 109 Å². The number of unbranched alkanes of at least 4 members (excludes halogenated alkanes) is 16. The Bertz CT molecular complexity index is 263. The van der Waals surface area contributed by atoms with Gasteiger partial charge in [-0.1, -0.05) is 89.9 Å². The van der Waals surface area contributed by atoms with Crippen molar-refractivity contribution in [3.05, 3.63) is 0 Å². The summed E-state index contributed by atoms with van der Waals surface area (Å²) >= 11 is 0. The van der Waals surface area contributed by atoms with E-state index < -0.39 is 0 Å². The average molecular weight is 386 g/mol. The summed E-state index contributed by atoms with van der Waals surface area (Å²) in [6.45, 7) is 2.58. The van der Waals surface area contributed by atoms with E-state index in [-0.39, 0.29) is 0 Å². The highest BCUT2D eigenvalue weighted by Crippen LogP contribution is 2.14. The van der Waals surface area contributed by atoms with Crippen LogP contribution in [0.4, 0.5) is 0 Å². The topological polar surface area (TPSA) is 12.0 Å². The molecule has 0 radical (unpaired) electrons. The standard InChI is InChI=1S/C23H53N2Si/c1-25(2,3)22-20-18-16-14-12-10-8-6-4-5-7-9-11-13-15-17-19-21-24-23-26/h24H,4-23H2,1-3,26H3/q+1. The van der Waals surface area contributed by atoms with Gasteiger partial charge in [-0.3, -0.25) is 0 Å². The molecule has 0 atom stereocenters. The van der Waals surface area contributed by atoms with Gasteiger partial charge in [0.05, 0.1) is 27.7 Å². The Morgan fingerprint density at radius 2 is 0.808 bits per heavy atom. The van der Waals surface area contributed by atoms with Crippen LogP contribution in [-0.2, 0) is 0 Å². The zero-order valence-electron chi connectivity index (χ0n) is 19.1. The first kappa shape index (κ1) is 26.1. The number of hydrogen-bond acceptors (Lipinski definition) is 1. The molecule has 26 heavy (non-hydrogen) atoms. The summed E-state index contributed by atoms with van der Waals surface area (Å²) in [7, 11) is 8.20. The first-order valence-corrected chi connectivity index (χ1v) is 13.5. The lowest BCUT2D eigenvalue weighted by Gasteiger charge is -2.23. The van der Waals surface area contributed by atoms with Crippen molar-refractivity contribution >= 4 is 10.2 Å². The van der Waals surface area contributed by atoms with E-state index in [9.17, 15) is 0 Å². The first-order chi connectivity index (χ1) is 12.6. The fourth-order valence-electron chi connectivity index (χ4n) is 3.66. The zero-order valence-corrected chi connectivity index (χ0v) is 21.1. The summed E-state index contributed by atoms with van der Waals surface area (Å²) in [6.07, 6.45) is 26.1. The highest BCUT2D eigenvalue weighted by molar-refractivity contribution is 6.08. The van der Waals surface area contributed by atoms with Crippen LogP contribution >= 0.6 is 0 Å². The van der Waals surface area contributed by atoms with E-state index in [1.165, 1.54) is 139 Å². The molecule has 3 heteroatoms. The molecule has 2 nitrogen and oxygen atoms in total. The quantitative estimate of drug-likeness (QED) is 0.162. The molecular formula is C23H53N2Si+. The van der Waals surface area contributed by atoms with Crippen molar-refractivity contribution in [1.29, 1.82) is 0 Å². The van der Waals surface area contributed by atoms with Gasteiger partial charge >= 0.3 is 0 Å². The second-order valence-corrected chi connectivity index (χ2v) is 10.1. The lowest BCUT2D eigenvalue weighted by atomic mass is 10.0. The Morgan fingerprint density at radius 1 is 0.500 bits per heavy atom. The lowest BCUT2D eigenvalue weighted by Crippen LogP contribution is -2.35. The summed E-state index contributed by atoms with van der Waals surface area (Å²) in [4.78, 5) is 0. The predicted octanol–water partition coefficient (Wildman–Crippen LogP) is 5.24. The van der Waals surface area contributed by atoms with Crippen LogP contribution in [0.1, 0.15) is 109 Å². The summed E-state index contributed by atoms with van der Waals surface area (Å²) in [6, 6.07) is 0. The van der Waals surface area contributed by atoms with E-state index in [2.05, 4.69) is 26.5 Å². The van der Waals surface area contributed by atoms with Crippen LogP contribution in [0.5, 0.6) is 0 Å². The largest absolute Gasteiger partial charge is 0.331 e. The molecule has 0 aromatic heterocycles. The first-order valence-electron chi connectivity index (χ1n) is 12.1. The van der Waals surface area contributed by atoms with Gasteiger partial charge in [-0.05, 0) is 32.0 Å². The van der Waals surface area contributed by atoms with E-state index in [1.807, 2.05) is 0 Å². The second-order valence-electron chi connectivity index (χ2n) is 9.38. The Hall–Kier alpha value is 0.137. The lowest BCUT2D eigenvalue weighted by molar-refractivity contribution is -0.870. The molecule has 1 N–H and O–H groups in total. The molecule has 158 valence electrons. The number of nitrogens with zero attached hydrogens (tertiary/aromatic N) is 1. The summed E-state index contributed by atoms with van der Waals surface area (Å²) in [5.74, 6) is 0. The fourth-order valence-corrected chi connectivity index (χ4v) is 4.02. The highest BCUT2D eigenvalue weighted by Gasteiger charge is 2.04. The molecule has 0 saturated heterocycles. The normalized spacial score (nSPS) is 12.1. The molecule has 0 heterocycles. The van der Waals surface area contributed by atoms with Gasteiger partial charge in [-0.25, -0.2) is 0 Å². The van der Waals surface area contributed by atoms with Gasteiger partial charge in [-0.15, -0.1) is 0 Å². The minimum absolute atomic E-state index is 1.12. The van der Waals surface area contributed by atoms with Gasteiger partial charge in [0, 0.05) is 10.2 Å². The third-order valence-electron chi connectivity index (χ3n) is 5.43. The van der Waals surface area contributed by atoms with Crippen LogP contribution in [0.2, 0.25) is 0 Å². The van der Waals surface area contributed by atoms with Crippen molar-refractivity contribution in [1.82, 2.24) is 5.32 Å². The molecule has 0 bridgehead atoms. The molecule has 0 aliphatic rings. The van der Waals surface area contributed by atoms with Gasteiger partial charge in [0.15, 0.2) is 0 Å². The van der Waals surface area contributed by atoms with Gasteiger partial charge in [0.25, 0.3) is 0 Å². The molecule has 0 fully saturated rings. The van der Waals surface area contributed by atoms with Crippen molar-refractivity contribution < 1.29 is 4.48 Å². The van der Waals surface area contributed by atoms with Gasteiger partial charge in [-0.2, -0.15) is 0 Å². The molecule has 0 aliphatic heterocycles. The summed E-state index contributed by atoms with van der Waals surface area (Å²) in [5.41, 5.74) is 0. The van der Waals surface area contributed by atoms with Crippen molar-refractivity contribution in [3.63, 3.8) is 0 Å². The minimum Gasteiger partial charge on any atom is -0.331 e. The zero-order chi connectivity index (χ0) is 19.3. The molecular weight excluding hydrogens is 332 g/mol. The minimum atomic E-state index is 1.12. The van der Waals surface area contributed by atoms with Crippen molar-refractivity contribution in [3.8, 4) is 0 Å². The molecule has 0 rings (SSSR count). The van der Waals surface area contributed by atoms with Crippen molar-refractivity contribution in [2.75, 3.05) is 40.4 Å². The van der Waals surface area contributed by atoms with Crippen LogP contribution in [0, 0.1) is 0 Å². The van der Waals surface area contributed by atoms with E-state index in [0.29, 0.717) is 0 Å². The maximum Gasteiger partial charge on any atom is 0.0780 e. The van der Waals surface area contributed by atoms with E-state index in [0.717, 1.165) is 4.48 Å². The molecule has 0 aliphatic carbocycles. The number of quaternary nitrogens is 1. The Morgan fingerprint density at radius 3 is 1.12 bits per heavy atom. The van der Waals surface area contributed by atoms with Crippen molar-refractivity contribution in [2.24, 2.45) is 0 Å². The summed E-state index contributed by atoms with van der Waals surface area (Å²) in [5, 5.41) is 3.47.